The number of carbonyl (C=O) groups excluding carboxylic acids is 1. The van der Waals surface area contributed by atoms with E-state index in [2.05, 4.69) is 16.0 Å². The fourth-order valence-corrected chi connectivity index (χ4v) is 2.09. The van der Waals surface area contributed by atoms with Crippen LogP contribution in [0.5, 0.6) is 0 Å². The Hall–Kier alpha value is -1.26. The van der Waals surface area contributed by atoms with Crippen LogP contribution >= 0.6 is 11.6 Å². The SMILES string of the molecule is CNC(=O)c1ccc(Cl)c(NC2CCNC2)c1. The molecule has 1 atom stereocenters. The number of halogens is 1. The Morgan fingerprint density at radius 2 is 2.35 bits per heavy atom. The summed E-state index contributed by atoms with van der Waals surface area (Å²) in [4.78, 5) is 11.5. The van der Waals surface area contributed by atoms with E-state index in [-0.39, 0.29) is 5.91 Å². The van der Waals surface area contributed by atoms with Crippen LogP contribution in [0.25, 0.3) is 0 Å². The summed E-state index contributed by atoms with van der Waals surface area (Å²) in [6.07, 6.45) is 1.07. The molecule has 17 heavy (non-hydrogen) atoms. The van der Waals surface area contributed by atoms with Crippen LogP contribution in [-0.4, -0.2) is 32.1 Å². The monoisotopic (exact) mass is 253 g/mol. The smallest absolute Gasteiger partial charge is 0.251 e. The maximum atomic E-state index is 11.5. The van der Waals surface area contributed by atoms with Crippen molar-refractivity contribution in [3.8, 4) is 0 Å². The van der Waals surface area contributed by atoms with Gasteiger partial charge >= 0.3 is 0 Å². The standard InChI is InChI=1S/C12H16ClN3O/c1-14-12(17)8-2-3-10(13)11(6-8)16-9-4-5-15-7-9/h2-3,6,9,15-16H,4-5,7H2,1H3,(H,14,17). The molecule has 1 saturated heterocycles. The van der Waals surface area contributed by atoms with Crippen molar-refractivity contribution in [2.24, 2.45) is 0 Å². The summed E-state index contributed by atoms with van der Waals surface area (Å²) in [7, 11) is 1.62. The molecule has 0 bridgehead atoms. The quantitative estimate of drug-likeness (QED) is 0.765. The third-order valence-corrected chi connectivity index (χ3v) is 3.21. The highest BCUT2D eigenvalue weighted by Gasteiger charge is 2.16. The zero-order chi connectivity index (χ0) is 12.3. The molecular formula is C12H16ClN3O. The largest absolute Gasteiger partial charge is 0.380 e. The molecule has 1 aromatic rings. The minimum Gasteiger partial charge on any atom is -0.380 e. The van der Waals surface area contributed by atoms with Gasteiger partial charge < -0.3 is 16.0 Å². The third kappa shape index (κ3) is 2.90. The van der Waals surface area contributed by atoms with Crippen LogP contribution in [0.15, 0.2) is 18.2 Å². The Kier molecular flexibility index (Phi) is 3.86. The molecule has 5 heteroatoms. The Bertz CT molecular complexity index is 416. The van der Waals surface area contributed by atoms with Gasteiger partial charge in [0.25, 0.3) is 5.91 Å². The second-order valence-corrected chi connectivity index (χ2v) is 4.52. The molecule has 92 valence electrons. The van der Waals surface area contributed by atoms with E-state index in [1.54, 1.807) is 25.2 Å². The summed E-state index contributed by atoms with van der Waals surface area (Å²) in [5.74, 6) is -0.103. The van der Waals surface area contributed by atoms with Gasteiger partial charge in [0, 0.05) is 25.2 Å². The Morgan fingerprint density at radius 1 is 1.53 bits per heavy atom. The van der Waals surface area contributed by atoms with Crippen LogP contribution in [0.2, 0.25) is 5.02 Å². The second-order valence-electron chi connectivity index (χ2n) is 4.11. The number of anilines is 1. The van der Waals surface area contributed by atoms with Crippen molar-refractivity contribution in [2.45, 2.75) is 12.5 Å². The maximum absolute atomic E-state index is 11.5. The van der Waals surface area contributed by atoms with Crippen molar-refractivity contribution in [1.82, 2.24) is 10.6 Å². The average molecular weight is 254 g/mol. The van der Waals surface area contributed by atoms with E-state index >= 15 is 0 Å². The Balaban J connectivity index is 2.16. The molecule has 0 radical (unpaired) electrons. The van der Waals surface area contributed by atoms with Crippen molar-refractivity contribution >= 4 is 23.2 Å². The van der Waals surface area contributed by atoms with E-state index < -0.39 is 0 Å². The van der Waals surface area contributed by atoms with Gasteiger partial charge in [-0.2, -0.15) is 0 Å². The van der Waals surface area contributed by atoms with E-state index in [1.165, 1.54) is 0 Å². The predicted octanol–water partition coefficient (Wildman–Crippen LogP) is 1.47. The third-order valence-electron chi connectivity index (χ3n) is 2.88. The van der Waals surface area contributed by atoms with Gasteiger partial charge in [0.1, 0.15) is 0 Å². The lowest BCUT2D eigenvalue weighted by atomic mass is 10.1. The molecule has 0 aromatic heterocycles. The van der Waals surface area contributed by atoms with Gasteiger partial charge in [-0.25, -0.2) is 0 Å². The summed E-state index contributed by atoms with van der Waals surface area (Å²) in [5, 5.41) is 9.87. The van der Waals surface area contributed by atoms with Gasteiger partial charge in [-0.15, -0.1) is 0 Å². The molecular weight excluding hydrogens is 238 g/mol. The van der Waals surface area contributed by atoms with Gasteiger partial charge in [0.15, 0.2) is 0 Å². The molecule has 0 saturated carbocycles. The van der Waals surface area contributed by atoms with Crippen LogP contribution in [0.1, 0.15) is 16.8 Å². The normalized spacial score (nSPS) is 19.1. The maximum Gasteiger partial charge on any atom is 0.251 e. The van der Waals surface area contributed by atoms with Crippen molar-refractivity contribution in [3.05, 3.63) is 28.8 Å². The van der Waals surface area contributed by atoms with Gasteiger partial charge in [-0.3, -0.25) is 4.79 Å². The zero-order valence-electron chi connectivity index (χ0n) is 9.72. The van der Waals surface area contributed by atoms with E-state index in [1.807, 2.05) is 0 Å². The fraction of sp³-hybridized carbons (Fsp3) is 0.417. The fourth-order valence-electron chi connectivity index (χ4n) is 1.92. The van der Waals surface area contributed by atoms with E-state index in [0.29, 0.717) is 16.6 Å². The van der Waals surface area contributed by atoms with Gasteiger partial charge in [0.05, 0.1) is 10.7 Å². The number of hydrogen-bond donors (Lipinski definition) is 3. The number of rotatable bonds is 3. The highest BCUT2D eigenvalue weighted by Crippen LogP contribution is 2.24. The van der Waals surface area contributed by atoms with Gasteiger partial charge in [-0.05, 0) is 31.2 Å². The van der Waals surface area contributed by atoms with Crippen LogP contribution < -0.4 is 16.0 Å². The van der Waals surface area contributed by atoms with Gasteiger partial charge in [-0.1, -0.05) is 11.6 Å². The molecule has 1 fully saturated rings. The van der Waals surface area contributed by atoms with Crippen LogP contribution in [0.4, 0.5) is 5.69 Å². The molecule has 1 aromatic carbocycles. The summed E-state index contributed by atoms with van der Waals surface area (Å²) in [6, 6.07) is 5.64. The number of hydrogen-bond acceptors (Lipinski definition) is 3. The van der Waals surface area contributed by atoms with Crippen molar-refractivity contribution in [3.63, 3.8) is 0 Å². The Labute approximate surface area is 106 Å². The first kappa shape index (κ1) is 12.2. The van der Waals surface area contributed by atoms with E-state index in [4.69, 9.17) is 11.6 Å². The number of amides is 1. The molecule has 4 nitrogen and oxygen atoms in total. The lowest BCUT2D eigenvalue weighted by molar-refractivity contribution is 0.0963. The number of carbonyl (C=O) groups is 1. The molecule has 1 unspecified atom stereocenters. The molecule has 1 aliphatic rings. The molecule has 1 heterocycles. The summed E-state index contributed by atoms with van der Waals surface area (Å²) in [6.45, 7) is 1.95. The van der Waals surface area contributed by atoms with Crippen LogP contribution in [0, 0.1) is 0 Å². The van der Waals surface area contributed by atoms with Gasteiger partial charge in [0.2, 0.25) is 0 Å². The first-order chi connectivity index (χ1) is 8.20. The second kappa shape index (κ2) is 5.38. The van der Waals surface area contributed by atoms with Crippen molar-refractivity contribution in [2.75, 3.05) is 25.5 Å². The Morgan fingerprint density at radius 3 is 3.00 bits per heavy atom. The minimum absolute atomic E-state index is 0.103. The first-order valence-corrected chi connectivity index (χ1v) is 6.07. The van der Waals surface area contributed by atoms with E-state index in [0.717, 1.165) is 25.2 Å². The number of benzene rings is 1. The summed E-state index contributed by atoms with van der Waals surface area (Å²) >= 11 is 6.11. The van der Waals surface area contributed by atoms with Crippen molar-refractivity contribution in [1.29, 1.82) is 0 Å². The summed E-state index contributed by atoms with van der Waals surface area (Å²) < 4.78 is 0. The molecule has 2 rings (SSSR count). The lowest BCUT2D eigenvalue weighted by Gasteiger charge is -2.15. The molecule has 3 N–H and O–H groups in total. The average Bonchev–Trinajstić information content (AvgIpc) is 2.84. The molecule has 0 spiro atoms. The molecule has 1 amide bonds. The molecule has 1 aliphatic heterocycles. The van der Waals surface area contributed by atoms with Crippen LogP contribution in [0.3, 0.4) is 0 Å². The minimum atomic E-state index is -0.103. The predicted molar refractivity (Wildman–Crippen MR) is 69.7 cm³/mol. The zero-order valence-corrected chi connectivity index (χ0v) is 10.5. The molecule has 0 aliphatic carbocycles. The summed E-state index contributed by atoms with van der Waals surface area (Å²) in [5.41, 5.74) is 1.44. The topological polar surface area (TPSA) is 53.2 Å². The van der Waals surface area contributed by atoms with Crippen molar-refractivity contribution < 1.29 is 4.79 Å². The lowest BCUT2D eigenvalue weighted by Crippen LogP contribution is -2.23. The number of nitrogens with one attached hydrogen (secondary N) is 3. The highest BCUT2D eigenvalue weighted by atomic mass is 35.5. The highest BCUT2D eigenvalue weighted by molar-refractivity contribution is 6.33. The van der Waals surface area contributed by atoms with E-state index in [9.17, 15) is 4.79 Å². The van der Waals surface area contributed by atoms with Crippen LogP contribution in [-0.2, 0) is 0 Å². The first-order valence-electron chi connectivity index (χ1n) is 5.69.